The van der Waals surface area contributed by atoms with E-state index in [9.17, 15) is 0 Å². The van der Waals surface area contributed by atoms with Crippen LogP contribution in [0.25, 0.3) is 0 Å². The van der Waals surface area contributed by atoms with Gasteiger partial charge in [-0.2, -0.15) is 0 Å². The normalized spacial score (nSPS) is 28.6. The highest BCUT2D eigenvalue weighted by Gasteiger charge is 2.54. The summed E-state index contributed by atoms with van der Waals surface area (Å²) in [7, 11) is 0. The molecule has 1 heteroatoms. The molecule has 3 aliphatic carbocycles. The molecule has 0 aromatic rings. The molecule has 0 saturated heterocycles. The summed E-state index contributed by atoms with van der Waals surface area (Å²) in [5.74, 6) is 0. The largest absolute Gasteiger partial charge is 0.316 e. The Hall–Kier alpha value is -0.300. The van der Waals surface area contributed by atoms with Crippen LogP contribution >= 0.6 is 0 Å². The fraction of sp³-hybridized carbons (Fsp3) is 0.895. The molecule has 0 aromatic heterocycles. The van der Waals surface area contributed by atoms with Crippen LogP contribution < -0.4 is 5.32 Å². The molecule has 0 aromatic carbocycles. The summed E-state index contributed by atoms with van der Waals surface area (Å²) in [4.78, 5) is 0. The molecule has 1 N–H and O–H groups in total. The molecule has 3 rings (SSSR count). The number of hydrogen-bond donors (Lipinski definition) is 1. The lowest BCUT2D eigenvalue weighted by Crippen LogP contribution is -2.52. The molecule has 0 bridgehead atoms. The van der Waals surface area contributed by atoms with Gasteiger partial charge in [-0.15, -0.1) is 0 Å². The summed E-state index contributed by atoms with van der Waals surface area (Å²) in [6.07, 6.45) is 20.2. The van der Waals surface area contributed by atoms with Gasteiger partial charge in [-0.3, -0.25) is 0 Å². The van der Waals surface area contributed by atoms with E-state index >= 15 is 0 Å². The van der Waals surface area contributed by atoms with Crippen LogP contribution in [0.1, 0.15) is 84.0 Å². The van der Waals surface area contributed by atoms with E-state index in [2.05, 4.69) is 18.3 Å². The SMILES string of the molecule is CCNCC1(C2=CCCCC2)CC2(CCCCCC2)C1. The smallest absolute Gasteiger partial charge is 0.00472 e. The highest BCUT2D eigenvalue weighted by Crippen LogP contribution is 2.64. The van der Waals surface area contributed by atoms with E-state index in [0.717, 1.165) is 12.0 Å². The first-order valence-electron chi connectivity index (χ1n) is 9.19. The average molecular weight is 275 g/mol. The Morgan fingerprint density at radius 1 is 1.00 bits per heavy atom. The molecular weight excluding hydrogens is 242 g/mol. The van der Waals surface area contributed by atoms with Crippen molar-refractivity contribution in [1.29, 1.82) is 0 Å². The molecule has 2 saturated carbocycles. The van der Waals surface area contributed by atoms with E-state index in [1.807, 2.05) is 5.57 Å². The highest BCUT2D eigenvalue weighted by atomic mass is 14.9. The topological polar surface area (TPSA) is 12.0 Å². The third-order valence-electron chi connectivity index (χ3n) is 6.28. The van der Waals surface area contributed by atoms with Crippen LogP contribution in [0.4, 0.5) is 0 Å². The zero-order chi connectivity index (χ0) is 13.9. The molecule has 0 unspecified atom stereocenters. The molecular formula is C19H33N. The maximum Gasteiger partial charge on any atom is 0.00472 e. The van der Waals surface area contributed by atoms with Crippen molar-refractivity contribution in [2.75, 3.05) is 13.1 Å². The van der Waals surface area contributed by atoms with Crippen LogP contribution in [-0.2, 0) is 0 Å². The van der Waals surface area contributed by atoms with Crippen molar-refractivity contribution < 1.29 is 0 Å². The standard InChI is InChI=1S/C19H33N/c1-2-20-16-19(17-10-6-5-7-11-17)14-18(15-19)12-8-3-4-9-13-18/h10,20H,2-9,11-16H2,1H3. The molecule has 1 nitrogen and oxygen atoms in total. The molecule has 0 amide bonds. The van der Waals surface area contributed by atoms with Gasteiger partial charge in [-0.1, -0.05) is 44.3 Å². The second kappa shape index (κ2) is 6.22. The second-order valence-electron chi connectivity index (χ2n) is 7.80. The van der Waals surface area contributed by atoms with Gasteiger partial charge >= 0.3 is 0 Å². The average Bonchev–Trinajstić information content (AvgIpc) is 2.70. The van der Waals surface area contributed by atoms with Crippen molar-refractivity contribution in [3.8, 4) is 0 Å². The van der Waals surface area contributed by atoms with Crippen molar-refractivity contribution >= 4 is 0 Å². The number of allylic oxidation sites excluding steroid dienone is 1. The molecule has 0 radical (unpaired) electrons. The van der Waals surface area contributed by atoms with Crippen molar-refractivity contribution in [2.45, 2.75) is 84.0 Å². The Morgan fingerprint density at radius 2 is 1.75 bits per heavy atom. The van der Waals surface area contributed by atoms with Crippen molar-refractivity contribution in [3.63, 3.8) is 0 Å². The van der Waals surface area contributed by atoms with Gasteiger partial charge in [0.15, 0.2) is 0 Å². The number of nitrogens with one attached hydrogen (secondary N) is 1. The van der Waals surface area contributed by atoms with E-state index in [1.165, 1.54) is 83.6 Å². The van der Waals surface area contributed by atoms with Gasteiger partial charge in [-0.05, 0) is 63.3 Å². The van der Waals surface area contributed by atoms with Crippen LogP contribution in [0, 0.1) is 10.8 Å². The van der Waals surface area contributed by atoms with Gasteiger partial charge in [-0.25, -0.2) is 0 Å². The van der Waals surface area contributed by atoms with E-state index in [-0.39, 0.29) is 0 Å². The lowest BCUT2D eigenvalue weighted by molar-refractivity contribution is -0.0275. The fourth-order valence-corrected chi connectivity index (χ4v) is 5.37. The molecule has 20 heavy (non-hydrogen) atoms. The van der Waals surface area contributed by atoms with E-state index < -0.39 is 0 Å². The maximum atomic E-state index is 3.69. The molecule has 0 atom stereocenters. The zero-order valence-electron chi connectivity index (χ0n) is 13.5. The minimum atomic E-state index is 0.556. The van der Waals surface area contributed by atoms with Gasteiger partial charge in [0.25, 0.3) is 0 Å². The minimum absolute atomic E-state index is 0.556. The minimum Gasteiger partial charge on any atom is -0.316 e. The van der Waals surface area contributed by atoms with Gasteiger partial charge < -0.3 is 5.32 Å². The van der Waals surface area contributed by atoms with Gasteiger partial charge in [0.05, 0.1) is 0 Å². The Labute approximate surface area is 125 Å². The maximum absolute atomic E-state index is 3.69. The number of hydrogen-bond acceptors (Lipinski definition) is 1. The van der Waals surface area contributed by atoms with Gasteiger partial charge in [0.1, 0.15) is 0 Å². The molecule has 0 aliphatic heterocycles. The first-order valence-corrected chi connectivity index (χ1v) is 9.19. The first-order chi connectivity index (χ1) is 9.79. The first kappa shape index (κ1) is 14.6. The van der Waals surface area contributed by atoms with Crippen LogP contribution in [0.5, 0.6) is 0 Å². The quantitative estimate of drug-likeness (QED) is 0.694. The summed E-state index contributed by atoms with van der Waals surface area (Å²) in [5, 5.41) is 3.69. The monoisotopic (exact) mass is 275 g/mol. The molecule has 3 aliphatic rings. The Kier molecular flexibility index (Phi) is 4.55. The van der Waals surface area contributed by atoms with Crippen LogP contribution in [0.2, 0.25) is 0 Å². The van der Waals surface area contributed by atoms with Crippen LogP contribution in [0.3, 0.4) is 0 Å². The third-order valence-corrected chi connectivity index (χ3v) is 6.28. The Bertz CT molecular complexity index is 339. The predicted molar refractivity (Wildman–Crippen MR) is 86.9 cm³/mol. The second-order valence-corrected chi connectivity index (χ2v) is 7.80. The summed E-state index contributed by atoms with van der Waals surface area (Å²) in [5.41, 5.74) is 3.13. The van der Waals surface area contributed by atoms with Crippen molar-refractivity contribution in [2.24, 2.45) is 10.8 Å². The third kappa shape index (κ3) is 2.84. The highest BCUT2D eigenvalue weighted by molar-refractivity contribution is 5.25. The molecule has 114 valence electrons. The van der Waals surface area contributed by atoms with Crippen molar-refractivity contribution in [3.05, 3.63) is 11.6 Å². The van der Waals surface area contributed by atoms with Gasteiger partial charge in [0.2, 0.25) is 0 Å². The van der Waals surface area contributed by atoms with E-state index in [4.69, 9.17) is 0 Å². The molecule has 0 heterocycles. The number of rotatable bonds is 4. The predicted octanol–water partition coefficient (Wildman–Crippen LogP) is 5.22. The fourth-order valence-electron chi connectivity index (χ4n) is 5.37. The van der Waals surface area contributed by atoms with Crippen molar-refractivity contribution in [1.82, 2.24) is 5.32 Å². The molecule has 2 fully saturated rings. The van der Waals surface area contributed by atoms with Gasteiger partial charge in [0, 0.05) is 12.0 Å². The Balaban J connectivity index is 1.71. The summed E-state index contributed by atoms with van der Waals surface area (Å²) in [6, 6.07) is 0. The zero-order valence-corrected chi connectivity index (χ0v) is 13.5. The summed E-state index contributed by atoms with van der Waals surface area (Å²) < 4.78 is 0. The van der Waals surface area contributed by atoms with E-state index in [1.54, 1.807) is 0 Å². The molecule has 1 spiro atoms. The summed E-state index contributed by atoms with van der Waals surface area (Å²) >= 11 is 0. The van der Waals surface area contributed by atoms with E-state index in [0.29, 0.717) is 5.41 Å². The lowest BCUT2D eigenvalue weighted by atomic mass is 9.47. The lowest BCUT2D eigenvalue weighted by Gasteiger charge is -2.59. The Morgan fingerprint density at radius 3 is 2.35 bits per heavy atom. The summed E-state index contributed by atoms with van der Waals surface area (Å²) in [6.45, 7) is 4.63. The van der Waals surface area contributed by atoms with Crippen LogP contribution in [-0.4, -0.2) is 13.1 Å². The van der Waals surface area contributed by atoms with Crippen LogP contribution in [0.15, 0.2) is 11.6 Å².